The van der Waals surface area contributed by atoms with Crippen LogP contribution in [0.15, 0.2) is 54.6 Å². The van der Waals surface area contributed by atoms with Crippen molar-refractivity contribution in [2.45, 2.75) is 19.4 Å². The minimum Gasteiger partial charge on any atom is -0.490 e. The van der Waals surface area contributed by atoms with Crippen LogP contribution in [0.1, 0.15) is 13.3 Å². The van der Waals surface area contributed by atoms with E-state index in [0.717, 1.165) is 29.8 Å². The van der Waals surface area contributed by atoms with E-state index in [1.165, 1.54) is 0 Å². The van der Waals surface area contributed by atoms with Gasteiger partial charge in [0.2, 0.25) is 0 Å². The lowest BCUT2D eigenvalue weighted by Crippen LogP contribution is -2.31. The molecular weight excluding hydrogens is 262 g/mol. The Morgan fingerprint density at radius 3 is 2.52 bits per heavy atom. The first-order valence-corrected chi connectivity index (χ1v) is 7.47. The van der Waals surface area contributed by atoms with Crippen molar-refractivity contribution >= 4 is 0 Å². The van der Waals surface area contributed by atoms with Gasteiger partial charge in [-0.05, 0) is 24.6 Å². The monoisotopic (exact) mass is 285 g/mol. The molecule has 0 aliphatic heterocycles. The second kappa shape index (κ2) is 8.45. The van der Waals surface area contributed by atoms with Gasteiger partial charge in [0.15, 0.2) is 0 Å². The number of hydrogen-bond donors (Lipinski definition) is 2. The highest BCUT2D eigenvalue weighted by atomic mass is 16.5. The molecule has 0 heterocycles. The van der Waals surface area contributed by atoms with Gasteiger partial charge >= 0.3 is 0 Å². The van der Waals surface area contributed by atoms with Crippen LogP contribution in [0.3, 0.4) is 0 Å². The highest BCUT2D eigenvalue weighted by molar-refractivity contribution is 5.70. The molecule has 2 aromatic carbocycles. The van der Waals surface area contributed by atoms with Crippen molar-refractivity contribution in [2.75, 3.05) is 19.7 Å². The van der Waals surface area contributed by atoms with E-state index >= 15 is 0 Å². The van der Waals surface area contributed by atoms with Crippen LogP contribution < -0.4 is 10.1 Å². The maximum Gasteiger partial charge on any atom is 0.127 e. The molecule has 0 aliphatic rings. The lowest BCUT2D eigenvalue weighted by Gasteiger charge is -2.15. The topological polar surface area (TPSA) is 41.5 Å². The molecule has 2 aromatic rings. The molecule has 1 atom stereocenters. The van der Waals surface area contributed by atoms with Gasteiger partial charge in [0.1, 0.15) is 18.5 Å². The maximum absolute atomic E-state index is 9.91. The van der Waals surface area contributed by atoms with E-state index in [0.29, 0.717) is 13.2 Å². The van der Waals surface area contributed by atoms with Crippen molar-refractivity contribution in [1.29, 1.82) is 0 Å². The molecule has 1 unspecified atom stereocenters. The van der Waals surface area contributed by atoms with E-state index in [9.17, 15) is 5.11 Å². The number of hydrogen-bond acceptors (Lipinski definition) is 3. The van der Waals surface area contributed by atoms with Crippen LogP contribution in [0.5, 0.6) is 5.75 Å². The third-order valence-electron chi connectivity index (χ3n) is 3.21. The van der Waals surface area contributed by atoms with Crippen LogP contribution in [0.4, 0.5) is 0 Å². The van der Waals surface area contributed by atoms with E-state index in [1.54, 1.807) is 0 Å². The van der Waals surface area contributed by atoms with Gasteiger partial charge in [-0.1, -0.05) is 55.5 Å². The molecule has 0 aliphatic carbocycles. The fourth-order valence-corrected chi connectivity index (χ4v) is 2.14. The molecule has 0 saturated heterocycles. The number of benzene rings is 2. The highest BCUT2D eigenvalue weighted by Crippen LogP contribution is 2.29. The number of aliphatic hydroxyl groups is 1. The zero-order valence-electron chi connectivity index (χ0n) is 12.5. The Morgan fingerprint density at radius 2 is 1.76 bits per heavy atom. The lowest BCUT2D eigenvalue weighted by molar-refractivity contribution is 0.107. The van der Waals surface area contributed by atoms with Crippen molar-refractivity contribution in [1.82, 2.24) is 5.32 Å². The molecule has 0 amide bonds. The molecule has 2 N–H and O–H groups in total. The van der Waals surface area contributed by atoms with Crippen LogP contribution in [-0.4, -0.2) is 30.9 Å². The zero-order valence-corrected chi connectivity index (χ0v) is 12.5. The fraction of sp³-hybridized carbons (Fsp3) is 0.333. The third kappa shape index (κ3) is 4.88. The average molecular weight is 285 g/mol. The second-order valence-electron chi connectivity index (χ2n) is 5.03. The summed E-state index contributed by atoms with van der Waals surface area (Å²) >= 11 is 0. The molecule has 0 spiro atoms. The Balaban J connectivity index is 1.98. The minimum absolute atomic E-state index is 0.292. The molecule has 0 bridgehead atoms. The molecule has 3 heteroatoms. The summed E-state index contributed by atoms with van der Waals surface area (Å²) in [6.45, 7) is 3.87. The summed E-state index contributed by atoms with van der Waals surface area (Å²) in [5.41, 5.74) is 2.17. The van der Waals surface area contributed by atoms with E-state index in [-0.39, 0.29) is 0 Å². The van der Waals surface area contributed by atoms with Gasteiger partial charge in [-0.15, -0.1) is 0 Å². The molecule has 21 heavy (non-hydrogen) atoms. The van der Waals surface area contributed by atoms with Crippen LogP contribution in [0, 0.1) is 0 Å². The Bertz CT molecular complexity index is 528. The second-order valence-corrected chi connectivity index (χ2v) is 5.03. The van der Waals surface area contributed by atoms with Gasteiger partial charge in [-0.3, -0.25) is 0 Å². The summed E-state index contributed by atoms with van der Waals surface area (Å²) in [6, 6.07) is 18.0. The largest absolute Gasteiger partial charge is 0.490 e. The van der Waals surface area contributed by atoms with Gasteiger partial charge in [0, 0.05) is 12.1 Å². The van der Waals surface area contributed by atoms with E-state index < -0.39 is 6.10 Å². The molecular formula is C18H23NO2. The van der Waals surface area contributed by atoms with Gasteiger partial charge in [0.05, 0.1) is 0 Å². The van der Waals surface area contributed by atoms with Gasteiger partial charge in [0.25, 0.3) is 0 Å². The van der Waals surface area contributed by atoms with Crippen molar-refractivity contribution in [3.63, 3.8) is 0 Å². The van der Waals surface area contributed by atoms with Crippen LogP contribution in [0.25, 0.3) is 11.1 Å². The summed E-state index contributed by atoms with van der Waals surface area (Å²) in [6.07, 6.45) is 0.560. The van der Waals surface area contributed by atoms with E-state index in [2.05, 4.69) is 24.4 Å². The molecule has 3 nitrogen and oxygen atoms in total. The average Bonchev–Trinajstić information content (AvgIpc) is 2.54. The van der Waals surface area contributed by atoms with Gasteiger partial charge in [-0.25, -0.2) is 0 Å². The van der Waals surface area contributed by atoms with Gasteiger partial charge < -0.3 is 15.2 Å². The normalized spacial score (nSPS) is 12.1. The predicted octanol–water partition coefficient (Wildman–Crippen LogP) is 3.09. The standard InChI is InChI=1S/C18H23NO2/c1-2-12-19-13-16(20)14-21-18-11-7-6-10-17(18)15-8-4-3-5-9-15/h3-11,16,19-20H,2,12-14H2,1H3. The molecule has 0 aromatic heterocycles. The zero-order chi connectivity index (χ0) is 14.9. The number of para-hydroxylation sites is 1. The predicted molar refractivity (Wildman–Crippen MR) is 86.5 cm³/mol. The van der Waals surface area contributed by atoms with E-state index in [1.807, 2.05) is 42.5 Å². The first-order chi connectivity index (χ1) is 10.3. The molecule has 0 fully saturated rings. The SMILES string of the molecule is CCCNCC(O)COc1ccccc1-c1ccccc1. The summed E-state index contributed by atoms with van der Waals surface area (Å²) in [4.78, 5) is 0. The molecule has 0 saturated carbocycles. The summed E-state index contributed by atoms with van der Waals surface area (Å²) in [7, 11) is 0. The number of ether oxygens (including phenoxy) is 1. The number of nitrogens with one attached hydrogen (secondary N) is 1. The summed E-state index contributed by atoms with van der Waals surface area (Å²) < 4.78 is 5.79. The lowest BCUT2D eigenvalue weighted by atomic mass is 10.1. The van der Waals surface area contributed by atoms with Crippen LogP contribution in [-0.2, 0) is 0 Å². The first-order valence-electron chi connectivity index (χ1n) is 7.47. The van der Waals surface area contributed by atoms with Crippen molar-refractivity contribution in [2.24, 2.45) is 0 Å². The first kappa shape index (κ1) is 15.5. The minimum atomic E-state index is -0.500. The highest BCUT2D eigenvalue weighted by Gasteiger charge is 2.08. The molecule has 112 valence electrons. The maximum atomic E-state index is 9.91. The Kier molecular flexibility index (Phi) is 6.25. The Morgan fingerprint density at radius 1 is 1.05 bits per heavy atom. The van der Waals surface area contributed by atoms with Crippen molar-refractivity contribution in [3.05, 3.63) is 54.6 Å². The molecule has 0 radical (unpaired) electrons. The quantitative estimate of drug-likeness (QED) is 0.732. The van der Waals surface area contributed by atoms with Gasteiger partial charge in [-0.2, -0.15) is 0 Å². The summed E-state index contributed by atoms with van der Waals surface area (Å²) in [5, 5.41) is 13.1. The fourth-order valence-electron chi connectivity index (χ4n) is 2.14. The summed E-state index contributed by atoms with van der Waals surface area (Å²) in [5.74, 6) is 0.804. The number of rotatable bonds is 8. The smallest absolute Gasteiger partial charge is 0.127 e. The van der Waals surface area contributed by atoms with Crippen molar-refractivity contribution < 1.29 is 9.84 Å². The van der Waals surface area contributed by atoms with Crippen LogP contribution >= 0.6 is 0 Å². The van der Waals surface area contributed by atoms with Crippen molar-refractivity contribution in [3.8, 4) is 16.9 Å². The Hall–Kier alpha value is -1.84. The van der Waals surface area contributed by atoms with Crippen LogP contribution in [0.2, 0.25) is 0 Å². The molecule has 2 rings (SSSR count). The number of aliphatic hydroxyl groups excluding tert-OH is 1. The third-order valence-corrected chi connectivity index (χ3v) is 3.21. The van der Waals surface area contributed by atoms with E-state index in [4.69, 9.17) is 4.74 Å². The Labute approximate surface area is 126 Å².